The predicted octanol–water partition coefficient (Wildman–Crippen LogP) is 3.25. The molecule has 23 heavy (non-hydrogen) atoms. The van der Waals surface area contributed by atoms with E-state index in [4.69, 9.17) is 4.42 Å². The number of furan rings is 1. The third-order valence-corrected chi connectivity index (χ3v) is 4.84. The molecular formula is C19H23NO3. The minimum Gasteiger partial charge on any atom is -0.467 e. The molecule has 4 nitrogen and oxygen atoms in total. The molecule has 2 N–H and O–H groups in total. The highest BCUT2D eigenvalue weighted by Crippen LogP contribution is 2.42. The summed E-state index contributed by atoms with van der Waals surface area (Å²) < 4.78 is 5.33. The summed E-state index contributed by atoms with van der Waals surface area (Å²) in [7, 11) is 0. The van der Waals surface area contributed by atoms with E-state index in [1.807, 2.05) is 25.1 Å². The Labute approximate surface area is 136 Å². The van der Waals surface area contributed by atoms with Gasteiger partial charge in [0.25, 0.3) is 0 Å². The van der Waals surface area contributed by atoms with E-state index in [1.54, 1.807) is 18.4 Å². The van der Waals surface area contributed by atoms with Crippen LogP contribution in [0.3, 0.4) is 0 Å². The van der Waals surface area contributed by atoms with Crippen molar-refractivity contribution in [1.29, 1.82) is 0 Å². The van der Waals surface area contributed by atoms with E-state index < -0.39 is 11.5 Å². The van der Waals surface area contributed by atoms with Crippen molar-refractivity contribution < 1.29 is 14.3 Å². The van der Waals surface area contributed by atoms with E-state index in [1.165, 1.54) is 0 Å². The average Bonchev–Trinajstić information content (AvgIpc) is 3.24. The highest BCUT2D eigenvalue weighted by molar-refractivity contribution is 5.89. The molecule has 1 aliphatic rings. The van der Waals surface area contributed by atoms with E-state index in [0.29, 0.717) is 5.76 Å². The molecule has 1 unspecified atom stereocenters. The Kier molecular flexibility index (Phi) is 4.53. The SMILES string of the molecule is Cc1cccc(C2(C(=O)NC(CO)c3ccco3)CCCC2)c1. The minimum atomic E-state index is -0.500. The second-order valence-electron chi connectivity index (χ2n) is 6.38. The quantitative estimate of drug-likeness (QED) is 0.890. The number of benzene rings is 1. The molecule has 0 radical (unpaired) electrons. The summed E-state index contributed by atoms with van der Waals surface area (Å²) in [4.78, 5) is 13.1. The lowest BCUT2D eigenvalue weighted by Crippen LogP contribution is -2.44. The summed E-state index contributed by atoms with van der Waals surface area (Å²) in [6.07, 6.45) is 5.34. The van der Waals surface area contributed by atoms with Gasteiger partial charge in [-0.3, -0.25) is 4.79 Å². The summed E-state index contributed by atoms with van der Waals surface area (Å²) >= 11 is 0. The topological polar surface area (TPSA) is 62.5 Å². The van der Waals surface area contributed by atoms with Crippen molar-refractivity contribution in [3.8, 4) is 0 Å². The predicted molar refractivity (Wildman–Crippen MR) is 88.0 cm³/mol. The molecule has 1 aromatic heterocycles. The van der Waals surface area contributed by atoms with Gasteiger partial charge in [-0.15, -0.1) is 0 Å². The Morgan fingerprint density at radius 3 is 2.70 bits per heavy atom. The van der Waals surface area contributed by atoms with E-state index >= 15 is 0 Å². The van der Waals surface area contributed by atoms with Crippen LogP contribution in [0.15, 0.2) is 47.1 Å². The standard InChI is InChI=1S/C19H23NO3/c1-14-6-4-7-15(12-14)19(9-2-3-10-19)18(22)20-16(13-21)17-8-5-11-23-17/h4-8,11-12,16,21H,2-3,9-10,13H2,1H3,(H,20,22). The molecule has 122 valence electrons. The van der Waals surface area contributed by atoms with Crippen LogP contribution in [0, 0.1) is 6.92 Å². The number of nitrogens with one attached hydrogen (secondary N) is 1. The van der Waals surface area contributed by atoms with Crippen molar-refractivity contribution in [3.05, 3.63) is 59.5 Å². The molecule has 0 aliphatic heterocycles. The van der Waals surface area contributed by atoms with Gasteiger partial charge in [0, 0.05) is 0 Å². The van der Waals surface area contributed by atoms with E-state index in [0.717, 1.165) is 36.8 Å². The van der Waals surface area contributed by atoms with Crippen molar-refractivity contribution in [1.82, 2.24) is 5.32 Å². The molecule has 1 saturated carbocycles. The first-order valence-corrected chi connectivity index (χ1v) is 8.18. The van der Waals surface area contributed by atoms with Gasteiger partial charge in [-0.2, -0.15) is 0 Å². The van der Waals surface area contributed by atoms with Crippen LogP contribution in [-0.2, 0) is 10.2 Å². The average molecular weight is 313 g/mol. The summed E-state index contributed by atoms with van der Waals surface area (Å²) in [6, 6.07) is 11.2. The zero-order valence-electron chi connectivity index (χ0n) is 13.4. The first kappa shape index (κ1) is 15.8. The normalized spacial score (nSPS) is 17.8. The third-order valence-electron chi connectivity index (χ3n) is 4.84. The molecule has 1 heterocycles. The lowest BCUT2D eigenvalue weighted by Gasteiger charge is -2.30. The highest BCUT2D eigenvalue weighted by atomic mass is 16.3. The van der Waals surface area contributed by atoms with Crippen LogP contribution in [0.25, 0.3) is 0 Å². The molecular weight excluding hydrogens is 290 g/mol. The van der Waals surface area contributed by atoms with E-state index in [2.05, 4.69) is 11.4 Å². The number of hydrogen-bond donors (Lipinski definition) is 2. The van der Waals surface area contributed by atoms with Crippen molar-refractivity contribution in [2.75, 3.05) is 6.61 Å². The fourth-order valence-electron chi connectivity index (χ4n) is 3.56. The Morgan fingerprint density at radius 1 is 1.30 bits per heavy atom. The Balaban J connectivity index is 1.87. The maximum Gasteiger partial charge on any atom is 0.231 e. The Morgan fingerprint density at radius 2 is 2.09 bits per heavy atom. The van der Waals surface area contributed by atoms with Crippen LogP contribution in [0.5, 0.6) is 0 Å². The number of aliphatic hydroxyl groups excluding tert-OH is 1. The summed E-state index contributed by atoms with van der Waals surface area (Å²) in [5.74, 6) is 0.564. The number of rotatable bonds is 5. The van der Waals surface area contributed by atoms with Crippen molar-refractivity contribution >= 4 is 5.91 Å². The van der Waals surface area contributed by atoms with Crippen LogP contribution in [-0.4, -0.2) is 17.6 Å². The van der Waals surface area contributed by atoms with Gasteiger partial charge in [-0.1, -0.05) is 42.7 Å². The summed E-state index contributed by atoms with van der Waals surface area (Å²) in [5.41, 5.74) is 1.74. The molecule has 0 spiro atoms. The fraction of sp³-hybridized carbons (Fsp3) is 0.421. The molecule has 1 amide bonds. The highest BCUT2D eigenvalue weighted by Gasteiger charge is 2.43. The maximum atomic E-state index is 13.1. The smallest absolute Gasteiger partial charge is 0.231 e. The zero-order valence-corrected chi connectivity index (χ0v) is 13.4. The van der Waals surface area contributed by atoms with Crippen molar-refractivity contribution in [2.24, 2.45) is 0 Å². The number of aliphatic hydroxyl groups is 1. The monoisotopic (exact) mass is 313 g/mol. The largest absolute Gasteiger partial charge is 0.467 e. The van der Waals surface area contributed by atoms with Gasteiger partial charge in [-0.05, 0) is 37.5 Å². The summed E-state index contributed by atoms with van der Waals surface area (Å²) in [5, 5.41) is 12.6. The minimum absolute atomic E-state index is 0.0175. The van der Waals surface area contributed by atoms with Crippen LogP contribution >= 0.6 is 0 Å². The third kappa shape index (κ3) is 3.04. The lowest BCUT2D eigenvalue weighted by atomic mass is 9.77. The number of hydrogen-bond acceptors (Lipinski definition) is 3. The van der Waals surface area contributed by atoms with Crippen LogP contribution in [0.1, 0.15) is 48.6 Å². The van der Waals surface area contributed by atoms with Gasteiger partial charge < -0.3 is 14.8 Å². The molecule has 1 aromatic carbocycles. The first-order chi connectivity index (χ1) is 11.2. The molecule has 4 heteroatoms. The van der Waals surface area contributed by atoms with Gasteiger partial charge in [0.1, 0.15) is 11.8 Å². The molecule has 1 aliphatic carbocycles. The number of carbonyl (C=O) groups excluding carboxylic acids is 1. The van der Waals surface area contributed by atoms with Crippen LogP contribution in [0.4, 0.5) is 0 Å². The second kappa shape index (κ2) is 6.59. The van der Waals surface area contributed by atoms with E-state index in [-0.39, 0.29) is 12.5 Å². The molecule has 2 aromatic rings. The lowest BCUT2D eigenvalue weighted by molar-refractivity contribution is -0.128. The first-order valence-electron chi connectivity index (χ1n) is 8.18. The van der Waals surface area contributed by atoms with Gasteiger partial charge in [0.2, 0.25) is 5.91 Å². The molecule has 1 atom stereocenters. The Hall–Kier alpha value is -2.07. The summed E-state index contributed by atoms with van der Waals surface area (Å²) in [6.45, 7) is 1.87. The van der Waals surface area contributed by atoms with Crippen LogP contribution in [0.2, 0.25) is 0 Å². The van der Waals surface area contributed by atoms with Crippen molar-refractivity contribution in [2.45, 2.75) is 44.1 Å². The number of aryl methyl sites for hydroxylation is 1. The molecule has 0 bridgehead atoms. The van der Waals surface area contributed by atoms with Gasteiger partial charge >= 0.3 is 0 Å². The van der Waals surface area contributed by atoms with Crippen molar-refractivity contribution in [3.63, 3.8) is 0 Å². The van der Waals surface area contributed by atoms with Gasteiger partial charge in [0.05, 0.1) is 18.3 Å². The number of carbonyl (C=O) groups is 1. The van der Waals surface area contributed by atoms with Gasteiger partial charge in [-0.25, -0.2) is 0 Å². The zero-order chi connectivity index (χ0) is 16.3. The Bertz CT molecular complexity index is 657. The molecule has 0 saturated heterocycles. The molecule has 1 fully saturated rings. The second-order valence-corrected chi connectivity index (χ2v) is 6.38. The van der Waals surface area contributed by atoms with Crippen LogP contribution < -0.4 is 5.32 Å². The van der Waals surface area contributed by atoms with Gasteiger partial charge in [0.15, 0.2) is 0 Å². The molecule has 3 rings (SSSR count). The maximum absolute atomic E-state index is 13.1. The number of amides is 1. The van der Waals surface area contributed by atoms with E-state index in [9.17, 15) is 9.90 Å². The fourth-order valence-corrected chi connectivity index (χ4v) is 3.56.